The SMILES string of the molecule is CC(C)C(=O)CC1CCN(C(=S)S)C1. The van der Waals surface area contributed by atoms with Crippen LogP contribution in [0.3, 0.4) is 0 Å². The lowest BCUT2D eigenvalue weighted by atomic mass is 9.96. The van der Waals surface area contributed by atoms with Crippen molar-refractivity contribution in [3.8, 4) is 0 Å². The van der Waals surface area contributed by atoms with Crippen molar-refractivity contribution in [3.05, 3.63) is 0 Å². The molecule has 0 radical (unpaired) electrons. The molecule has 4 heteroatoms. The average molecular weight is 231 g/mol. The van der Waals surface area contributed by atoms with Gasteiger partial charge in [0, 0.05) is 25.4 Å². The maximum atomic E-state index is 11.5. The van der Waals surface area contributed by atoms with Crippen molar-refractivity contribution in [1.82, 2.24) is 4.90 Å². The number of ketones is 1. The van der Waals surface area contributed by atoms with E-state index in [9.17, 15) is 4.79 Å². The van der Waals surface area contributed by atoms with Crippen LogP contribution in [0.5, 0.6) is 0 Å². The van der Waals surface area contributed by atoms with E-state index in [0.717, 1.165) is 19.5 Å². The predicted molar refractivity (Wildman–Crippen MR) is 65.7 cm³/mol. The number of thiocarbonyl (C=S) groups is 1. The van der Waals surface area contributed by atoms with Gasteiger partial charge in [-0.1, -0.05) is 26.1 Å². The summed E-state index contributed by atoms with van der Waals surface area (Å²) in [5, 5.41) is 0. The molecule has 1 saturated heterocycles. The monoisotopic (exact) mass is 231 g/mol. The van der Waals surface area contributed by atoms with E-state index in [0.29, 0.717) is 22.4 Å². The predicted octanol–water partition coefficient (Wildman–Crippen LogP) is 2.14. The first-order valence-electron chi connectivity index (χ1n) is 5.01. The van der Waals surface area contributed by atoms with Crippen LogP contribution in [-0.2, 0) is 4.79 Å². The zero-order chi connectivity index (χ0) is 10.7. The van der Waals surface area contributed by atoms with Crippen molar-refractivity contribution in [2.75, 3.05) is 13.1 Å². The van der Waals surface area contributed by atoms with Crippen molar-refractivity contribution in [2.45, 2.75) is 26.7 Å². The van der Waals surface area contributed by atoms with Gasteiger partial charge in [-0.2, -0.15) is 0 Å². The fraction of sp³-hybridized carbons (Fsp3) is 0.800. The van der Waals surface area contributed by atoms with Crippen LogP contribution in [0.1, 0.15) is 26.7 Å². The largest absolute Gasteiger partial charge is 0.357 e. The standard InChI is InChI=1S/C10H17NOS2/c1-7(2)9(12)5-8-3-4-11(6-8)10(13)14/h7-8H,3-6H2,1-2H3,(H,13,14). The van der Waals surface area contributed by atoms with Crippen LogP contribution in [0.15, 0.2) is 0 Å². The Kier molecular flexibility index (Phi) is 4.38. The van der Waals surface area contributed by atoms with Crippen LogP contribution in [0, 0.1) is 11.8 Å². The fourth-order valence-electron chi connectivity index (χ4n) is 1.69. The molecular formula is C10H17NOS2. The van der Waals surface area contributed by atoms with Gasteiger partial charge in [0.15, 0.2) is 0 Å². The average Bonchev–Trinajstić information content (AvgIpc) is 2.52. The van der Waals surface area contributed by atoms with Gasteiger partial charge in [0.25, 0.3) is 0 Å². The van der Waals surface area contributed by atoms with Gasteiger partial charge in [0.2, 0.25) is 0 Å². The summed E-state index contributed by atoms with van der Waals surface area (Å²) in [6.45, 7) is 5.77. The topological polar surface area (TPSA) is 20.3 Å². The highest BCUT2D eigenvalue weighted by molar-refractivity contribution is 8.10. The summed E-state index contributed by atoms with van der Waals surface area (Å²) < 4.78 is 0.657. The Labute approximate surface area is 96.5 Å². The minimum absolute atomic E-state index is 0.159. The molecule has 1 heterocycles. The molecular weight excluding hydrogens is 214 g/mol. The maximum Gasteiger partial charge on any atom is 0.135 e. The summed E-state index contributed by atoms with van der Waals surface area (Å²) in [7, 11) is 0. The molecule has 1 aliphatic heterocycles. The van der Waals surface area contributed by atoms with Crippen molar-refractivity contribution in [2.24, 2.45) is 11.8 Å². The molecule has 0 aromatic heterocycles. The Morgan fingerprint density at radius 2 is 2.29 bits per heavy atom. The molecule has 14 heavy (non-hydrogen) atoms. The minimum Gasteiger partial charge on any atom is -0.357 e. The van der Waals surface area contributed by atoms with Gasteiger partial charge in [0.1, 0.15) is 10.1 Å². The molecule has 1 rings (SSSR count). The number of hydrogen-bond donors (Lipinski definition) is 1. The number of carbonyl (C=O) groups is 1. The Bertz CT molecular complexity index is 240. The van der Waals surface area contributed by atoms with Gasteiger partial charge in [-0.25, -0.2) is 0 Å². The summed E-state index contributed by atoms with van der Waals surface area (Å²) in [5.74, 6) is 1.00. The second-order valence-electron chi connectivity index (χ2n) is 4.21. The molecule has 0 saturated carbocycles. The molecule has 1 fully saturated rings. The van der Waals surface area contributed by atoms with E-state index in [-0.39, 0.29) is 5.92 Å². The highest BCUT2D eigenvalue weighted by atomic mass is 32.1. The molecule has 80 valence electrons. The van der Waals surface area contributed by atoms with Gasteiger partial charge < -0.3 is 4.90 Å². The van der Waals surface area contributed by atoms with Gasteiger partial charge in [-0.05, 0) is 12.3 Å². The molecule has 0 amide bonds. The van der Waals surface area contributed by atoms with Gasteiger partial charge >= 0.3 is 0 Å². The lowest BCUT2D eigenvalue weighted by Crippen LogP contribution is -2.23. The molecule has 0 spiro atoms. The first-order valence-corrected chi connectivity index (χ1v) is 5.87. The first kappa shape index (κ1) is 12.0. The molecule has 1 aliphatic rings. The van der Waals surface area contributed by atoms with E-state index in [1.54, 1.807) is 0 Å². The summed E-state index contributed by atoms with van der Waals surface area (Å²) in [4.78, 5) is 13.6. The molecule has 2 nitrogen and oxygen atoms in total. The number of hydrogen-bond acceptors (Lipinski definition) is 2. The normalized spacial score (nSPS) is 21.7. The number of Topliss-reactive ketones (excluding diaryl/α,β-unsaturated/α-hetero) is 1. The van der Waals surface area contributed by atoms with Crippen molar-refractivity contribution < 1.29 is 4.79 Å². The van der Waals surface area contributed by atoms with E-state index >= 15 is 0 Å². The molecule has 1 atom stereocenters. The smallest absolute Gasteiger partial charge is 0.135 e. The highest BCUT2D eigenvalue weighted by Crippen LogP contribution is 2.22. The van der Waals surface area contributed by atoms with Crippen LogP contribution in [0.25, 0.3) is 0 Å². The molecule has 0 bridgehead atoms. The highest BCUT2D eigenvalue weighted by Gasteiger charge is 2.25. The van der Waals surface area contributed by atoms with Crippen LogP contribution in [-0.4, -0.2) is 28.1 Å². The zero-order valence-electron chi connectivity index (χ0n) is 8.69. The van der Waals surface area contributed by atoms with E-state index in [2.05, 4.69) is 17.5 Å². The van der Waals surface area contributed by atoms with Crippen LogP contribution >= 0.6 is 24.8 Å². The van der Waals surface area contributed by atoms with Crippen LogP contribution in [0.4, 0.5) is 0 Å². The summed E-state index contributed by atoms with van der Waals surface area (Å²) >= 11 is 9.12. The number of nitrogens with zero attached hydrogens (tertiary/aromatic N) is 1. The number of carbonyl (C=O) groups excluding carboxylic acids is 1. The minimum atomic E-state index is 0.159. The van der Waals surface area contributed by atoms with E-state index in [1.807, 2.05) is 13.8 Å². The van der Waals surface area contributed by atoms with Crippen molar-refractivity contribution in [1.29, 1.82) is 0 Å². The summed E-state index contributed by atoms with van der Waals surface area (Å²) in [5.41, 5.74) is 0. The number of thiol groups is 1. The number of rotatable bonds is 3. The quantitative estimate of drug-likeness (QED) is 0.593. The lowest BCUT2D eigenvalue weighted by Gasteiger charge is -2.15. The van der Waals surface area contributed by atoms with Crippen molar-refractivity contribution >= 4 is 35.0 Å². The van der Waals surface area contributed by atoms with Gasteiger partial charge in [0.05, 0.1) is 0 Å². The Hall–Kier alpha value is -0.0900. The first-order chi connectivity index (χ1) is 6.50. The number of likely N-dealkylation sites (tertiary alicyclic amines) is 1. The second kappa shape index (κ2) is 5.12. The summed E-state index contributed by atoms with van der Waals surface area (Å²) in [6, 6.07) is 0. The van der Waals surface area contributed by atoms with Crippen molar-refractivity contribution in [3.63, 3.8) is 0 Å². The van der Waals surface area contributed by atoms with Crippen LogP contribution < -0.4 is 0 Å². The fourth-order valence-corrected chi connectivity index (χ4v) is 2.04. The second-order valence-corrected chi connectivity index (χ2v) is 5.32. The third kappa shape index (κ3) is 3.24. The third-order valence-electron chi connectivity index (χ3n) is 2.69. The van der Waals surface area contributed by atoms with E-state index in [1.165, 1.54) is 0 Å². The van der Waals surface area contributed by atoms with Gasteiger partial charge in [-0.3, -0.25) is 4.79 Å². The Morgan fingerprint density at radius 1 is 1.64 bits per heavy atom. The Morgan fingerprint density at radius 3 is 2.71 bits per heavy atom. The summed E-state index contributed by atoms with van der Waals surface area (Å²) in [6.07, 6.45) is 1.77. The molecule has 0 aromatic rings. The maximum absolute atomic E-state index is 11.5. The molecule has 0 aromatic carbocycles. The molecule has 1 unspecified atom stereocenters. The molecule has 0 N–H and O–H groups in total. The van der Waals surface area contributed by atoms with Gasteiger partial charge in [-0.15, -0.1) is 12.6 Å². The van der Waals surface area contributed by atoms with E-state index in [4.69, 9.17) is 12.2 Å². The Balaban J connectivity index is 2.36. The molecule has 0 aliphatic carbocycles. The zero-order valence-corrected chi connectivity index (χ0v) is 10.4. The van der Waals surface area contributed by atoms with Crippen LogP contribution in [0.2, 0.25) is 0 Å². The van der Waals surface area contributed by atoms with E-state index < -0.39 is 0 Å². The third-order valence-corrected chi connectivity index (χ3v) is 3.23. The lowest BCUT2D eigenvalue weighted by molar-refractivity contribution is -0.122.